The largest absolute Gasteiger partial charge is 0.396 e. The molecule has 72 valence electrons. The smallest absolute Gasteiger partial charge is 0.135 e. The highest BCUT2D eigenvalue weighted by atomic mass is 35.5. The van der Waals surface area contributed by atoms with Gasteiger partial charge in [-0.05, 0) is 12.5 Å². The van der Waals surface area contributed by atoms with Gasteiger partial charge in [0.15, 0.2) is 0 Å². The third-order valence-corrected chi connectivity index (χ3v) is 2.20. The minimum Gasteiger partial charge on any atom is -0.396 e. The average Bonchev–Trinajstić information content (AvgIpc) is 2.04. The average molecular weight is 221 g/mol. The standard InChI is InChI=1S/C8H10Cl2N2O/c9-7-2-1-5(8(10)12-7)6(11)3-4-13/h1-2,6,13H,3-4,11H2/t6-/m1/s1. The molecule has 0 unspecified atom stereocenters. The van der Waals surface area contributed by atoms with Crippen LogP contribution in [-0.4, -0.2) is 16.7 Å². The van der Waals surface area contributed by atoms with Crippen LogP contribution in [0.3, 0.4) is 0 Å². The highest BCUT2D eigenvalue weighted by Gasteiger charge is 2.10. The van der Waals surface area contributed by atoms with Crippen molar-refractivity contribution in [1.29, 1.82) is 0 Å². The van der Waals surface area contributed by atoms with Crippen LogP contribution < -0.4 is 5.73 Å². The monoisotopic (exact) mass is 220 g/mol. The second kappa shape index (κ2) is 4.77. The molecule has 3 nitrogen and oxygen atoms in total. The Morgan fingerprint density at radius 3 is 2.69 bits per heavy atom. The maximum atomic E-state index is 8.67. The minimum absolute atomic E-state index is 0.0279. The summed E-state index contributed by atoms with van der Waals surface area (Å²) in [6, 6.07) is 3.06. The Kier molecular flexibility index (Phi) is 3.93. The van der Waals surface area contributed by atoms with Crippen molar-refractivity contribution in [3.8, 4) is 0 Å². The quantitative estimate of drug-likeness (QED) is 0.764. The van der Waals surface area contributed by atoms with E-state index in [4.69, 9.17) is 34.0 Å². The van der Waals surface area contributed by atoms with Crippen molar-refractivity contribution in [2.24, 2.45) is 5.73 Å². The van der Waals surface area contributed by atoms with E-state index in [0.717, 1.165) is 0 Å². The predicted octanol–water partition coefficient (Wildman–Crippen LogP) is 1.77. The molecule has 0 saturated carbocycles. The maximum absolute atomic E-state index is 8.67. The first-order chi connectivity index (χ1) is 6.15. The summed E-state index contributed by atoms with van der Waals surface area (Å²) in [5.41, 5.74) is 6.44. The number of rotatable bonds is 3. The second-order valence-electron chi connectivity index (χ2n) is 2.63. The number of hydrogen-bond donors (Lipinski definition) is 2. The lowest BCUT2D eigenvalue weighted by Crippen LogP contribution is -2.12. The van der Waals surface area contributed by atoms with Gasteiger partial charge < -0.3 is 10.8 Å². The Morgan fingerprint density at radius 2 is 2.15 bits per heavy atom. The summed E-state index contributed by atoms with van der Waals surface area (Å²) in [6.07, 6.45) is 0.461. The van der Waals surface area contributed by atoms with Gasteiger partial charge in [0.05, 0.1) is 0 Å². The highest BCUT2D eigenvalue weighted by molar-refractivity contribution is 6.32. The van der Waals surface area contributed by atoms with Gasteiger partial charge in [-0.3, -0.25) is 0 Å². The molecular weight excluding hydrogens is 211 g/mol. The van der Waals surface area contributed by atoms with E-state index < -0.39 is 0 Å². The lowest BCUT2D eigenvalue weighted by molar-refractivity contribution is 0.276. The van der Waals surface area contributed by atoms with Gasteiger partial charge in [-0.1, -0.05) is 29.3 Å². The first-order valence-electron chi connectivity index (χ1n) is 3.83. The summed E-state index contributed by atoms with van der Waals surface area (Å²) in [7, 11) is 0. The van der Waals surface area contributed by atoms with Crippen molar-refractivity contribution in [2.75, 3.05) is 6.61 Å². The molecule has 0 radical (unpaired) electrons. The van der Waals surface area contributed by atoms with Crippen LogP contribution in [0.5, 0.6) is 0 Å². The maximum Gasteiger partial charge on any atom is 0.135 e. The Labute approximate surface area is 86.5 Å². The van der Waals surface area contributed by atoms with Crippen molar-refractivity contribution in [1.82, 2.24) is 4.98 Å². The first kappa shape index (κ1) is 10.7. The number of nitrogens with zero attached hydrogens (tertiary/aromatic N) is 1. The fraction of sp³-hybridized carbons (Fsp3) is 0.375. The van der Waals surface area contributed by atoms with Gasteiger partial charge in [0, 0.05) is 18.2 Å². The molecule has 0 bridgehead atoms. The van der Waals surface area contributed by atoms with Crippen molar-refractivity contribution >= 4 is 23.2 Å². The van der Waals surface area contributed by atoms with E-state index >= 15 is 0 Å². The lowest BCUT2D eigenvalue weighted by Gasteiger charge is -2.11. The fourth-order valence-corrected chi connectivity index (χ4v) is 1.48. The molecule has 1 atom stereocenters. The van der Waals surface area contributed by atoms with E-state index in [-0.39, 0.29) is 12.6 Å². The van der Waals surface area contributed by atoms with E-state index in [1.54, 1.807) is 12.1 Å². The van der Waals surface area contributed by atoms with Crippen LogP contribution >= 0.6 is 23.2 Å². The molecule has 3 N–H and O–H groups in total. The van der Waals surface area contributed by atoms with Gasteiger partial charge in [0.1, 0.15) is 10.3 Å². The molecule has 0 aliphatic heterocycles. The summed E-state index contributed by atoms with van der Waals surface area (Å²) >= 11 is 11.4. The number of nitrogens with two attached hydrogens (primary N) is 1. The van der Waals surface area contributed by atoms with Crippen LogP contribution in [0.2, 0.25) is 10.3 Å². The van der Waals surface area contributed by atoms with Crippen molar-refractivity contribution in [2.45, 2.75) is 12.5 Å². The zero-order valence-corrected chi connectivity index (χ0v) is 8.39. The van der Waals surface area contributed by atoms with Gasteiger partial charge in [-0.15, -0.1) is 0 Å². The lowest BCUT2D eigenvalue weighted by atomic mass is 10.1. The van der Waals surface area contributed by atoms with Gasteiger partial charge in [-0.2, -0.15) is 0 Å². The molecule has 13 heavy (non-hydrogen) atoms. The molecule has 1 heterocycles. The fourth-order valence-electron chi connectivity index (χ4n) is 0.994. The minimum atomic E-state index is -0.290. The number of aromatic nitrogens is 1. The number of hydrogen-bond acceptors (Lipinski definition) is 3. The van der Waals surface area contributed by atoms with Gasteiger partial charge in [0.2, 0.25) is 0 Å². The third-order valence-electron chi connectivity index (χ3n) is 1.68. The highest BCUT2D eigenvalue weighted by Crippen LogP contribution is 2.23. The van der Waals surface area contributed by atoms with E-state index in [2.05, 4.69) is 4.98 Å². The van der Waals surface area contributed by atoms with Gasteiger partial charge >= 0.3 is 0 Å². The van der Waals surface area contributed by atoms with Crippen LogP contribution in [0, 0.1) is 0 Å². The molecule has 1 rings (SSSR count). The predicted molar refractivity (Wildman–Crippen MR) is 52.9 cm³/mol. The zero-order chi connectivity index (χ0) is 9.84. The molecule has 0 saturated heterocycles. The molecule has 5 heteroatoms. The molecular formula is C8H10Cl2N2O. The van der Waals surface area contributed by atoms with Crippen LogP contribution in [-0.2, 0) is 0 Å². The molecule has 0 spiro atoms. The number of halogens is 2. The molecule has 1 aromatic rings. The van der Waals surface area contributed by atoms with E-state index in [1.165, 1.54) is 0 Å². The number of aliphatic hydroxyl groups excluding tert-OH is 1. The third kappa shape index (κ3) is 2.81. The van der Waals surface area contributed by atoms with E-state index in [0.29, 0.717) is 22.3 Å². The van der Waals surface area contributed by atoms with Gasteiger partial charge in [-0.25, -0.2) is 4.98 Å². The zero-order valence-electron chi connectivity index (χ0n) is 6.87. The Morgan fingerprint density at radius 1 is 1.46 bits per heavy atom. The second-order valence-corrected chi connectivity index (χ2v) is 3.38. The summed E-state index contributed by atoms with van der Waals surface area (Å²) in [5, 5.41) is 9.31. The topological polar surface area (TPSA) is 59.1 Å². The molecule has 0 fully saturated rings. The van der Waals surface area contributed by atoms with Crippen molar-refractivity contribution < 1.29 is 5.11 Å². The Hall–Kier alpha value is -0.350. The van der Waals surface area contributed by atoms with Crippen LogP contribution in [0.4, 0.5) is 0 Å². The molecule has 0 aromatic carbocycles. The molecule has 0 aliphatic carbocycles. The summed E-state index contributed by atoms with van der Waals surface area (Å²) < 4.78 is 0. The van der Waals surface area contributed by atoms with Crippen LogP contribution in [0.15, 0.2) is 12.1 Å². The summed E-state index contributed by atoms with van der Waals surface area (Å²) in [6.45, 7) is 0.0279. The van der Waals surface area contributed by atoms with E-state index in [9.17, 15) is 0 Å². The SMILES string of the molecule is N[C@H](CCO)c1ccc(Cl)nc1Cl. The first-order valence-corrected chi connectivity index (χ1v) is 4.59. The van der Waals surface area contributed by atoms with Gasteiger partial charge in [0.25, 0.3) is 0 Å². The van der Waals surface area contributed by atoms with Crippen molar-refractivity contribution in [3.63, 3.8) is 0 Å². The molecule has 0 aliphatic rings. The van der Waals surface area contributed by atoms with E-state index in [1.807, 2.05) is 0 Å². The summed E-state index contributed by atoms with van der Waals surface area (Å²) in [4.78, 5) is 3.85. The normalized spacial score (nSPS) is 12.9. The molecule has 0 amide bonds. The number of pyridine rings is 1. The summed E-state index contributed by atoms with van der Waals surface area (Å²) in [5.74, 6) is 0. The Bertz CT molecular complexity index is 293. The van der Waals surface area contributed by atoms with Crippen molar-refractivity contribution in [3.05, 3.63) is 28.0 Å². The van der Waals surface area contributed by atoms with Crippen LogP contribution in [0.1, 0.15) is 18.0 Å². The Balaban J connectivity index is 2.88. The van der Waals surface area contributed by atoms with Crippen LogP contribution in [0.25, 0.3) is 0 Å². The molecule has 1 aromatic heterocycles. The number of aliphatic hydroxyl groups is 1.